The number of nitro benzene ring substituents is 1. The van der Waals surface area contributed by atoms with Crippen LogP contribution in [-0.4, -0.2) is 33.4 Å². The Labute approximate surface area is 185 Å². The van der Waals surface area contributed by atoms with E-state index in [1.54, 1.807) is 19.1 Å². The zero-order valence-electron chi connectivity index (χ0n) is 16.5. The molecule has 1 atom stereocenters. The van der Waals surface area contributed by atoms with Crippen LogP contribution in [0.5, 0.6) is 5.75 Å². The molecule has 0 fully saturated rings. The van der Waals surface area contributed by atoms with Crippen molar-refractivity contribution in [3.63, 3.8) is 0 Å². The lowest BCUT2D eigenvalue weighted by Crippen LogP contribution is -2.22. The van der Waals surface area contributed by atoms with Gasteiger partial charge in [0.15, 0.2) is 4.34 Å². The van der Waals surface area contributed by atoms with Crippen LogP contribution in [0.3, 0.4) is 0 Å². The SMILES string of the molecule is COc1ccc([N+](=O)[O-])cc1NC(=O)C(C)Sc1nnc(NCc2ccc(F)cc2)s1. The van der Waals surface area contributed by atoms with Crippen LogP contribution >= 0.6 is 23.1 Å². The van der Waals surface area contributed by atoms with Crippen LogP contribution in [-0.2, 0) is 11.3 Å². The van der Waals surface area contributed by atoms with Crippen LogP contribution in [0.4, 0.5) is 20.9 Å². The molecular formula is C19H18FN5O4S2. The number of nitrogens with zero attached hydrogens (tertiary/aromatic N) is 3. The number of aromatic nitrogens is 2. The molecule has 0 radical (unpaired) electrons. The molecule has 1 amide bonds. The summed E-state index contributed by atoms with van der Waals surface area (Å²) < 4.78 is 18.7. The number of anilines is 2. The number of benzene rings is 2. The highest BCUT2D eigenvalue weighted by molar-refractivity contribution is 8.02. The van der Waals surface area contributed by atoms with Gasteiger partial charge in [0.2, 0.25) is 11.0 Å². The first kappa shape index (κ1) is 22.4. The molecule has 12 heteroatoms. The van der Waals surface area contributed by atoms with Crippen LogP contribution in [0.25, 0.3) is 0 Å². The predicted molar refractivity (Wildman–Crippen MR) is 117 cm³/mol. The van der Waals surface area contributed by atoms with Crippen LogP contribution in [0.15, 0.2) is 46.8 Å². The Bertz CT molecular complexity index is 1080. The van der Waals surface area contributed by atoms with Crippen LogP contribution < -0.4 is 15.4 Å². The number of rotatable bonds is 9. The van der Waals surface area contributed by atoms with Crippen LogP contribution in [0.2, 0.25) is 0 Å². The Morgan fingerprint density at radius 1 is 1.29 bits per heavy atom. The van der Waals surface area contributed by atoms with E-state index in [-0.39, 0.29) is 23.1 Å². The average Bonchev–Trinajstić information content (AvgIpc) is 3.20. The van der Waals surface area contributed by atoms with Crippen molar-refractivity contribution in [1.29, 1.82) is 0 Å². The highest BCUT2D eigenvalue weighted by Crippen LogP contribution is 2.32. The van der Waals surface area contributed by atoms with Gasteiger partial charge in [0, 0.05) is 18.7 Å². The molecule has 0 saturated carbocycles. The number of carbonyl (C=O) groups is 1. The van der Waals surface area contributed by atoms with Gasteiger partial charge in [-0.05, 0) is 30.7 Å². The lowest BCUT2D eigenvalue weighted by molar-refractivity contribution is -0.384. The number of thioether (sulfide) groups is 1. The van der Waals surface area contributed by atoms with Gasteiger partial charge in [-0.3, -0.25) is 14.9 Å². The van der Waals surface area contributed by atoms with E-state index in [0.29, 0.717) is 21.8 Å². The number of hydrogen-bond donors (Lipinski definition) is 2. The molecule has 1 heterocycles. The van der Waals surface area contributed by atoms with Crippen molar-refractivity contribution in [3.05, 3.63) is 64.0 Å². The first-order chi connectivity index (χ1) is 14.9. The van der Waals surface area contributed by atoms with Crippen molar-refractivity contribution < 1.29 is 18.8 Å². The summed E-state index contributed by atoms with van der Waals surface area (Å²) in [7, 11) is 1.41. The van der Waals surface area contributed by atoms with Gasteiger partial charge in [-0.1, -0.05) is 35.2 Å². The molecule has 2 aromatic carbocycles. The summed E-state index contributed by atoms with van der Waals surface area (Å²) in [5, 5.41) is 24.9. The molecule has 0 spiro atoms. The number of nitro groups is 1. The summed E-state index contributed by atoms with van der Waals surface area (Å²) >= 11 is 2.49. The van der Waals surface area contributed by atoms with Crippen molar-refractivity contribution in [3.8, 4) is 5.75 Å². The fraction of sp³-hybridized carbons (Fsp3) is 0.211. The first-order valence-corrected chi connectivity index (χ1v) is 10.7. The van der Waals surface area contributed by atoms with E-state index >= 15 is 0 Å². The zero-order valence-corrected chi connectivity index (χ0v) is 18.1. The fourth-order valence-electron chi connectivity index (χ4n) is 2.46. The van der Waals surface area contributed by atoms with Gasteiger partial charge >= 0.3 is 0 Å². The van der Waals surface area contributed by atoms with Gasteiger partial charge in [-0.15, -0.1) is 10.2 Å². The number of carbonyl (C=O) groups excluding carboxylic acids is 1. The first-order valence-electron chi connectivity index (χ1n) is 8.97. The fourth-order valence-corrected chi connectivity index (χ4v) is 4.35. The number of hydrogen-bond acceptors (Lipinski definition) is 9. The molecule has 162 valence electrons. The lowest BCUT2D eigenvalue weighted by atomic mass is 10.2. The Kier molecular flexibility index (Phi) is 7.36. The van der Waals surface area contributed by atoms with Crippen molar-refractivity contribution in [2.75, 3.05) is 17.7 Å². The second kappa shape index (κ2) is 10.2. The number of ether oxygens (including phenoxy) is 1. The van der Waals surface area contributed by atoms with Gasteiger partial charge in [0.1, 0.15) is 11.6 Å². The number of methoxy groups -OCH3 is 1. The average molecular weight is 464 g/mol. The number of nitrogens with one attached hydrogen (secondary N) is 2. The van der Waals surface area contributed by atoms with Crippen molar-refractivity contribution in [2.24, 2.45) is 0 Å². The van der Waals surface area contributed by atoms with Crippen LogP contribution in [0.1, 0.15) is 12.5 Å². The maximum Gasteiger partial charge on any atom is 0.271 e. The smallest absolute Gasteiger partial charge is 0.271 e. The maximum absolute atomic E-state index is 13.0. The Morgan fingerprint density at radius 2 is 2.03 bits per heavy atom. The standard InChI is InChI=1S/C19H18FN5O4S2/c1-11(17(26)22-15-9-14(25(27)28)7-8-16(15)29-2)30-19-24-23-18(31-19)21-10-12-3-5-13(20)6-4-12/h3-9,11H,10H2,1-2H3,(H,21,23)(H,22,26). The highest BCUT2D eigenvalue weighted by Gasteiger charge is 2.20. The third-order valence-corrected chi connectivity index (χ3v) is 6.13. The van der Waals surface area contributed by atoms with Crippen molar-refractivity contribution in [1.82, 2.24) is 10.2 Å². The summed E-state index contributed by atoms with van der Waals surface area (Å²) in [4.78, 5) is 23.0. The minimum absolute atomic E-state index is 0.155. The van der Waals surface area contributed by atoms with E-state index < -0.39 is 10.2 Å². The minimum atomic E-state index is -0.547. The summed E-state index contributed by atoms with van der Waals surface area (Å²) in [5.41, 5.74) is 0.954. The minimum Gasteiger partial charge on any atom is -0.495 e. The Morgan fingerprint density at radius 3 is 2.71 bits per heavy atom. The van der Waals surface area contributed by atoms with Crippen LogP contribution in [0, 0.1) is 15.9 Å². The molecule has 9 nitrogen and oxygen atoms in total. The predicted octanol–water partition coefficient (Wildman–Crippen LogP) is 4.33. The van der Waals surface area contributed by atoms with E-state index in [4.69, 9.17) is 4.74 Å². The summed E-state index contributed by atoms with van der Waals surface area (Å²) in [5.74, 6) is -0.340. The zero-order chi connectivity index (χ0) is 22.4. The molecule has 31 heavy (non-hydrogen) atoms. The monoisotopic (exact) mass is 463 g/mol. The Balaban J connectivity index is 1.58. The Hall–Kier alpha value is -3.25. The lowest BCUT2D eigenvalue weighted by Gasteiger charge is -2.13. The van der Waals surface area contributed by atoms with Gasteiger partial charge in [-0.25, -0.2) is 4.39 Å². The molecule has 0 bridgehead atoms. The second-order valence-electron chi connectivity index (χ2n) is 6.24. The normalized spacial score (nSPS) is 11.6. The summed E-state index contributed by atoms with van der Waals surface area (Å²) in [6, 6.07) is 10.1. The quantitative estimate of drug-likeness (QED) is 0.273. The molecule has 1 unspecified atom stereocenters. The molecule has 3 aromatic rings. The molecule has 0 saturated heterocycles. The second-order valence-corrected chi connectivity index (χ2v) is 8.81. The number of amides is 1. The van der Waals surface area contributed by atoms with Gasteiger partial charge < -0.3 is 15.4 Å². The molecular weight excluding hydrogens is 445 g/mol. The van der Waals surface area contributed by atoms with Crippen molar-refractivity contribution >= 4 is 45.5 Å². The van der Waals surface area contributed by atoms with E-state index in [0.717, 1.165) is 5.56 Å². The van der Waals surface area contributed by atoms with E-state index in [2.05, 4.69) is 20.8 Å². The molecule has 0 aliphatic heterocycles. The molecule has 0 aliphatic rings. The topological polar surface area (TPSA) is 119 Å². The molecule has 2 N–H and O–H groups in total. The molecule has 0 aliphatic carbocycles. The van der Waals surface area contributed by atoms with Gasteiger partial charge in [0.25, 0.3) is 5.69 Å². The summed E-state index contributed by atoms with van der Waals surface area (Å²) in [6.45, 7) is 2.15. The molecule has 3 rings (SSSR count). The number of non-ortho nitro benzene ring substituents is 1. The van der Waals surface area contributed by atoms with E-state index in [1.165, 1.54) is 60.5 Å². The number of halogens is 1. The third-order valence-electron chi connectivity index (χ3n) is 4.06. The summed E-state index contributed by atoms with van der Waals surface area (Å²) in [6.07, 6.45) is 0. The maximum atomic E-state index is 13.0. The van der Waals surface area contributed by atoms with E-state index in [9.17, 15) is 19.3 Å². The van der Waals surface area contributed by atoms with E-state index in [1.807, 2.05) is 0 Å². The molecule has 1 aromatic heterocycles. The van der Waals surface area contributed by atoms with Gasteiger partial charge in [0.05, 0.1) is 23.0 Å². The third kappa shape index (κ3) is 6.12. The largest absolute Gasteiger partial charge is 0.495 e. The highest BCUT2D eigenvalue weighted by atomic mass is 32.2. The van der Waals surface area contributed by atoms with Gasteiger partial charge in [-0.2, -0.15) is 0 Å². The van der Waals surface area contributed by atoms with Crippen molar-refractivity contribution in [2.45, 2.75) is 23.1 Å².